The molecule has 1 aromatic rings. The van der Waals surface area contributed by atoms with Crippen molar-refractivity contribution in [3.8, 4) is 0 Å². The number of amides is 2. The van der Waals surface area contributed by atoms with E-state index in [4.69, 9.17) is 0 Å². The van der Waals surface area contributed by atoms with E-state index in [2.05, 4.69) is 34.6 Å². The maximum Gasteiger partial charge on any atom is 0.242 e. The second-order valence-electron chi connectivity index (χ2n) is 6.04. The standard InChI is InChI=1S/C18H21N3O2S/c1-13-17(24-11-20-13)15-5-2-4-14(7-8-15)10-19-18(23)16-6-3-9-21(16)12-22/h2,4-5,7-8,11-12,14,16H,3,6,9-10H2,1H3,(H,19,23)/t14?,16-/m0/s1. The molecular formula is C18H21N3O2S. The SMILES string of the molecule is Cc1ncsc1C1=CC=CC(CNC(=O)[C@@H]2CCCN2C=O)C=C1. The second kappa shape index (κ2) is 7.57. The van der Waals surface area contributed by atoms with Gasteiger partial charge in [0.25, 0.3) is 0 Å². The molecule has 5 nitrogen and oxygen atoms in total. The van der Waals surface area contributed by atoms with E-state index in [-0.39, 0.29) is 17.9 Å². The maximum absolute atomic E-state index is 12.3. The van der Waals surface area contributed by atoms with Crippen molar-refractivity contribution in [2.45, 2.75) is 25.8 Å². The molecule has 2 atom stereocenters. The van der Waals surface area contributed by atoms with Crippen LogP contribution in [0, 0.1) is 12.8 Å². The van der Waals surface area contributed by atoms with E-state index in [0.717, 1.165) is 30.5 Å². The number of carbonyl (C=O) groups excluding carboxylic acids is 2. The molecule has 1 saturated heterocycles. The lowest BCUT2D eigenvalue weighted by Gasteiger charge is -2.20. The number of aromatic nitrogens is 1. The van der Waals surface area contributed by atoms with Crippen molar-refractivity contribution in [3.05, 3.63) is 46.5 Å². The fourth-order valence-electron chi connectivity index (χ4n) is 3.05. The van der Waals surface area contributed by atoms with Gasteiger partial charge in [0.2, 0.25) is 12.3 Å². The summed E-state index contributed by atoms with van der Waals surface area (Å²) in [5, 5.41) is 2.97. The summed E-state index contributed by atoms with van der Waals surface area (Å²) in [7, 11) is 0. The predicted molar refractivity (Wildman–Crippen MR) is 95.4 cm³/mol. The minimum absolute atomic E-state index is 0.0582. The molecule has 1 aromatic heterocycles. The van der Waals surface area contributed by atoms with Crippen molar-refractivity contribution >= 4 is 29.2 Å². The molecule has 0 aromatic carbocycles. The van der Waals surface area contributed by atoms with Crippen molar-refractivity contribution in [1.29, 1.82) is 0 Å². The lowest BCUT2D eigenvalue weighted by atomic mass is 10.1. The molecule has 6 heteroatoms. The molecule has 24 heavy (non-hydrogen) atoms. The third-order valence-electron chi connectivity index (χ3n) is 4.41. The number of hydrogen-bond donors (Lipinski definition) is 1. The minimum Gasteiger partial charge on any atom is -0.353 e. The summed E-state index contributed by atoms with van der Waals surface area (Å²) in [4.78, 5) is 30.3. The summed E-state index contributed by atoms with van der Waals surface area (Å²) in [5.74, 6) is 0.0825. The number of rotatable bonds is 5. The van der Waals surface area contributed by atoms with Gasteiger partial charge in [0, 0.05) is 19.0 Å². The Hall–Kier alpha value is -2.21. The topological polar surface area (TPSA) is 62.3 Å². The third-order valence-corrected chi connectivity index (χ3v) is 5.39. The van der Waals surface area contributed by atoms with Crippen LogP contribution < -0.4 is 5.32 Å². The smallest absolute Gasteiger partial charge is 0.242 e. The Balaban J connectivity index is 1.57. The van der Waals surface area contributed by atoms with Crippen LogP contribution >= 0.6 is 11.3 Å². The van der Waals surface area contributed by atoms with E-state index in [0.29, 0.717) is 13.1 Å². The van der Waals surface area contributed by atoms with E-state index in [1.807, 2.05) is 18.5 Å². The van der Waals surface area contributed by atoms with E-state index in [1.165, 1.54) is 4.88 Å². The van der Waals surface area contributed by atoms with Crippen molar-refractivity contribution in [1.82, 2.24) is 15.2 Å². The summed E-state index contributed by atoms with van der Waals surface area (Å²) >= 11 is 1.63. The van der Waals surface area contributed by atoms with Crippen molar-refractivity contribution in [2.75, 3.05) is 13.1 Å². The first-order valence-corrected chi connectivity index (χ1v) is 9.03. The Morgan fingerprint density at radius 2 is 2.38 bits per heavy atom. The second-order valence-corrected chi connectivity index (χ2v) is 6.90. The highest BCUT2D eigenvalue weighted by molar-refractivity contribution is 7.11. The van der Waals surface area contributed by atoms with Crippen LogP contribution in [0.1, 0.15) is 23.4 Å². The number of nitrogens with zero attached hydrogens (tertiary/aromatic N) is 2. The van der Waals surface area contributed by atoms with Crippen LogP contribution in [-0.2, 0) is 9.59 Å². The van der Waals surface area contributed by atoms with E-state index < -0.39 is 0 Å². The molecule has 126 valence electrons. The molecule has 1 unspecified atom stereocenters. The Kier molecular flexibility index (Phi) is 5.25. The zero-order valence-corrected chi connectivity index (χ0v) is 14.5. The van der Waals surface area contributed by atoms with Crippen LogP contribution in [0.3, 0.4) is 0 Å². The Bertz CT molecular complexity index is 705. The fraction of sp³-hybridized carbons (Fsp3) is 0.389. The van der Waals surface area contributed by atoms with Gasteiger partial charge in [-0.2, -0.15) is 0 Å². The van der Waals surface area contributed by atoms with E-state index >= 15 is 0 Å². The fourth-order valence-corrected chi connectivity index (χ4v) is 3.86. The first-order valence-electron chi connectivity index (χ1n) is 8.15. The van der Waals surface area contributed by atoms with Gasteiger partial charge in [-0.25, -0.2) is 4.98 Å². The molecule has 1 fully saturated rings. The third kappa shape index (κ3) is 3.64. The Labute approximate surface area is 145 Å². The highest BCUT2D eigenvalue weighted by Crippen LogP contribution is 2.26. The van der Waals surface area contributed by atoms with Crippen molar-refractivity contribution in [3.63, 3.8) is 0 Å². The molecule has 3 rings (SSSR count). The van der Waals surface area contributed by atoms with Gasteiger partial charge >= 0.3 is 0 Å². The Morgan fingerprint density at radius 3 is 3.12 bits per heavy atom. The predicted octanol–water partition coefficient (Wildman–Crippen LogP) is 2.31. The number of aryl methyl sites for hydroxylation is 1. The molecule has 2 amide bonds. The molecule has 0 spiro atoms. The largest absolute Gasteiger partial charge is 0.353 e. The highest BCUT2D eigenvalue weighted by Gasteiger charge is 2.29. The number of likely N-dealkylation sites (tertiary alicyclic amines) is 1. The van der Waals surface area contributed by atoms with Crippen LogP contribution in [-0.4, -0.2) is 41.3 Å². The van der Waals surface area contributed by atoms with Gasteiger partial charge in [0.1, 0.15) is 6.04 Å². The van der Waals surface area contributed by atoms with E-state index in [9.17, 15) is 9.59 Å². The molecule has 0 bridgehead atoms. The van der Waals surface area contributed by atoms with Gasteiger partial charge < -0.3 is 10.2 Å². The molecule has 1 aliphatic heterocycles. The molecule has 1 N–H and O–H groups in total. The van der Waals surface area contributed by atoms with Crippen LogP contribution in [0.4, 0.5) is 0 Å². The molecule has 2 aliphatic rings. The lowest BCUT2D eigenvalue weighted by molar-refractivity contribution is -0.131. The number of hydrogen-bond acceptors (Lipinski definition) is 4. The maximum atomic E-state index is 12.3. The van der Waals surface area contributed by atoms with Gasteiger partial charge in [0.15, 0.2) is 0 Å². The highest BCUT2D eigenvalue weighted by atomic mass is 32.1. The summed E-state index contributed by atoms with van der Waals surface area (Å²) in [6.07, 6.45) is 12.8. The Morgan fingerprint density at radius 1 is 1.50 bits per heavy atom. The molecule has 0 saturated carbocycles. The summed E-state index contributed by atoms with van der Waals surface area (Å²) in [6.45, 7) is 3.22. The monoisotopic (exact) mass is 343 g/mol. The van der Waals surface area contributed by atoms with Crippen LogP contribution in [0.25, 0.3) is 5.57 Å². The number of allylic oxidation sites excluding steroid dienone is 4. The quantitative estimate of drug-likeness (QED) is 0.835. The van der Waals surface area contributed by atoms with Gasteiger partial charge in [0.05, 0.1) is 16.1 Å². The minimum atomic E-state index is -0.310. The summed E-state index contributed by atoms with van der Waals surface area (Å²) in [6, 6.07) is -0.310. The summed E-state index contributed by atoms with van der Waals surface area (Å²) < 4.78 is 0. The van der Waals surface area contributed by atoms with Gasteiger partial charge in [-0.15, -0.1) is 11.3 Å². The molecular weight excluding hydrogens is 322 g/mol. The van der Waals surface area contributed by atoms with Crippen LogP contribution in [0.2, 0.25) is 0 Å². The van der Waals surface area contributed by atoms with Gasteiger partial charge in [-0.05, 0) is 25.3 Å². The first kappa shape index (κ1) is 16.6. The van der Waals surface area contributed by atoms with Gasteiger partial charge in [-0.1, -0.05) is 30.4 Å². The average molecular weight is 343 g/mol. The normalized spacial score (nSPS) is 23.0. The van der Waals surface area contributed by atoms with Crippen LogP contribution in [0.5, 0.6) is 0 Å². The zero-order chi connectivity index (χ0) is 16.9. The molecule has 1 aliphatic carbocycles. The van der Waals surface area contributed by atoms with Gasteiger partial charge in [-0.3, -0.25) is 9.59 Å². The molecule has 2 heterocycles. The van der Waals surface area contributed by atoms with Crippen molar-refractivity contribution in [2.24, 2.45) is 5.92 Å². The average Bonchev–Trinajstić information content (AvgIpc) is 3.17. The van der Waals surface area contributed by atoms with E-state index in [1.54, 1.807) is 16.2 Å². The first-order chi connectivity index (χ1) is 11.7. The molecule has 0 radical (unpaired) electrons. The zero-order valence-electron chi connectivity index (χ0n) is 13.6. The number of thiazole rings is 1. The lowest BCUT2D eigenvalue weighted by Crippen LogP contribution is -2.43. The number of nitrogens with one attached hydrogen (secondary N) is 1. The summed E-state index contributed by atoms with van der Waals surface area (Å²) in [5.41, 5.74) is 4.03. The number of carbonyl (C=O) groups is 2. The van der Waals surface area contributed by atoms with Crippen molar-refractivity contribution < 1.29 is 9.59 Å². The van der Waals surface area contributed by atoms with Crippen LogP contribution in [0.15, 0.2) is 35.9 Å².